The molecule has 0 saturated carbocycles. The van der Waals surface area contributed by atoms with E-state index < -0.39 is 0 Å². The molecule has 0 radical (unpaired) electrons. The maximum atomic E-state index is 6.47. The maximum Gasteiger partial charge on any atom is 0.172 e. The Morgan fingerprint density at radius 1 is 0.917 bits per heavy atom. The molecule has 0 unspecified atom stereocenters. The van der Waals surface area contributed by atoms with Crippen LogP contribution in [0.4, 0.5) is 11.5 Å². The number of halogens is 1. The number of anilines is 2. The van der Waals surface area contributed by atoms with Gasteiger partial charge in [0.05, 0.1) is 11.1 Å². The number of pyridine rings is 1. The lowest BCUT2D eigenvalue weighted by atomic mass is 9.95. The monoisotopic (exact) mass is 336 g/mol. The van der Waals surface area contributed by atoms with Gasteiger partial charge in [0.15, 0.2) is 11.6 Å². The molecule has 0 bridgehead atoms. The van der Waals surface area contributed by atoms with E-state index in [0.717, 1.165) is 22.0 Å². The number of nitrogens with two attached hydrogens (primary N) is 2. The van der Waals surface area contributed by atoms with Gasteiger partial charge in [-0.25, -0.2) is 4.98 Å². The number of nitrogen functional groups attached to an aromatic ring is 2. The first-order valence-electron chi connectivity index (χ1n) is 7.30. The fourth-order valence-corrected chi connectivity index (χ4v) is 3.07. The molecule has 118 valence electrons. The molecule has 4 rings (SSSR count). The lowest BCUT2D eigenvalue weighted by Gasteiger charge is -2.13. The first-order valence-corrected chi connectivity index (χ1v) is 7.68. The molecule has 0 aliphatic carbocycles. The van der Waals surface area contributed by atoms with Crippen LogP contribution in [0.2, 0.25) is 5.15 Å². The molecule has 0 atom stereocenters. The zero-order valence-corrected chi connectivity index (χ0v) is 13.3. The predicted octanol–water partition coefficient (Wildman–Crippen LogP) is 4.37. The number of fused-ring (bicyclic) bond motifs is 1. The summed E-state index contributed by atoms with van der Waals surface area (Å²) in [7, 11) is 0. The molecule has 5 nitrogen and oxygen atoms in total. The van der Waals surface area contributed by atoms with Crippen LogP contribution in [0.1, 0.15) is 0 Å². The van der Waals surface area contributed by atoms with Crippen LogP contribution in [0, 0.1) is 0 Å². The van der Waals surface area contributed by atoms with Crippen LogP contribution in [0.15, 0.2) is 59.1 Å². The molecule has 2 heterocycles. The third kappa shape index (κ3) is 2.35. The van der Waals surface area contributed by atoms with Crippen molar-refractivity contribution in [1.82, 2.24) is 10.1 Å². The molecule has 0 aliphatic rings. The van der Waals surface area contributed by atoms with Gasteiger partial charge in [0.25, 0.3) is 0 Å². The molecule has 2 aromatic heterocycles. The van der Waals surface area contributed by atoms with E-state index in [1.165, 1.54) is 0 Å². The minimum Gasteiger partial charge on any atom is -0.399 e. The Kier molecular flexibility index (Phi) is 3.36. The Balaban J connectivity index is 2.16. The lowest BCUT2D eigenvalue weighted by molar-refractivity contribution is 0.436. The zero-order valence-electron chi connectivity index (χ0n) is 12.5. The summed E-state index contributed by atoms with van der Waals surface area (Å²) in [5.41, 5.74) is 15.6. The molecule has 6 heteroatoms. The number of hydrogen-bond acceptors (Lipinski definition) is 5. The van der Waals surface area contributed by atoms with Gasteiger partial charge in [0.2, 0.25) is 0 Å². The van der Waals surface area contributed by atoms with Crippen molar-refractivity contribution >= 4 is 34.0 Å². The maximum absolute atomic E-state index is 6.47. The van der Waals surface area contributed by atoms with E-state index in [-0.39, 0.29) is 5.82 Å². The topological polar surface area (TPSA) is 91.0 Å². The second-order valence-electron chi connectivity index (χ2n) is 5.41. The Bertz CT molecular complexity index is 1040. The molecular weight excluding hydrogens is 324 g/mol. The minimum absolute atomic E-state index is 0.285. The van der Waals surface area contributed by atoms with Gasteiger partial charge in [-0.1, -0.05) is 47.1 Å². The largest absolute Gasteiger partial charge is 0.399 e. The number of rotatable bonds is 2. The van der Waals surface area contributed by atoms with Crippen LogP contribution in [0.5, 0.6) is 0 Å². The Morgan fingerprint density at radius 3 is 2.42 bits per heavy atom. The van der Waals surface area contributed by atoms with E-state index in [1.54, 1.807) is 12.1 Å². The number of aromatic nitrogens is 2. The highest BCUT2D eigenvalue weighted by molar-refractivity contribution is 6.34. The summed E-state index contributed by atoms with van der Waals surface area (Å²) in [6, 6.07) is 17.0. The van der Waals surface area contributed by atoms with Gasteiger partial charge >= 0.3 is 0 Å². The van der Waals surface area contributed by atoms with Crippen LogP contribution < -0.4 is 11.5 Å². The van der Waals surface area contributed by atoms with Gasteiger partial charge in [0, 0.05) is 22.7 Å². The fourth-order valence-electron chi connectivity index (χ4n) is 2.79. The Labute approximate surface area is 142 Å². The predicted molar refractivity (Wildman–Crippen MR) is 96.5 cm³/mol. The van der Waals surface area contributed by atoms with E-state index >= 15 is 0 Å². The van der Waals surface area contributed by atoms with E-state index in [1.807, 2.05) is 42.5 Å². The van der Waals surface area contributed by atoms with Crippen LogP contribution in [0.25, 0.3) is 33.4 Å². The molecular formula is C18H13ClN4O. The summed E-state index contributed by atoms with van der Waals surface area (Å²) in [4.78, 5) is 4.47. The van der Waals surface area contributed by atoms with Crippen LogP contribution in [0.3, 0.4) is 0 Å². The van der Waals surface area contributed by atoms with Gasteiger partial charge < -0.3 is 16.0 Å². The summed E-state index contributed by atoms with van der Waals surface area (Å²) < 4.78 is 5.34. The third-order valence-electron chi connectivity index (χ3n) is 3.80. The van der Waals surface area contributed by atoms with E-state index in [4.69, 9.17) is 27.6 Å². The first kappa shape index (κ1) is 14.5. The molecule has 0 amide bonds. The summed E-state index contributed by atoms with van der Waals surface area (Å²) >= 11 is 6.47. The smallest absolute Gasteiger partial charge is 0.172 e. The van der Waals surface area contributed by atoms with Crippen molar-refractivity contribution < 1.29 is 4.52 Å². The van der Waals surface area contributed by atoms with Crippen LogP contribution >= 0.6 is 11.6 Å². The standard InChI is InChI=1S/C18H13ClN4O/c19-18-17(14-9-15(21)23-24-14)16(10-4-2-1-3-5-10)12-8-11(20)6-7-13(12)22-18/h1-9H,20H2,(H2,21,23). The van der Waals surface area contributed by atoms with Crippen molar-refractivity contribution in [1.29, 1.82) is 0 Å². The molecule has 24 heavy (non-hydrogen) atoms. The molecule has 2 aromatic carbocycles. The summed E-state index contributed by atoms with van der Waals surface area (Å²) in [6.45, 7) is 0. The normalized spacial score (nSPS) is 11.0. The van der Waals surface area contributed by atoms with Crippen LogP contribution in [-0.2, 0) is 0 Å². The molecule has 0 saturated heterocycles. The quantitative estimate of drug-likeness (QED) is 0.419. The highest BCUT2D eigenvalue weighted by Gasteiger charge is 2.20. The van der Waals surface area contributed by atoms with Gasteiger partial charge in [-0.15, -0.1) is 0 Å². The van der Waals surface area contributed by atoms with E-state index in [2.05, 4.69) is 10.1 Å². The van der Waals surface area contributed by atoms with Crippen molar-refractivity contribution in [3.8, 4) is 22.5 Å². The minimum atomic E-state index is 0.285. The number of hydrogen-bond donors (Lipinski definition) is 2. The summed E-state index contributed by atoms with van der Waals surface area (Å²) in [5.74, 6) is 0.751. The summed E-state index contributed by atoms with van der Waals surface area (Å²) in [6.07, 6.45) is 0. The van der Waals surface area contributed by atoms with Crippen molar-refractivity contribution in [2.45, 2.75) is 0 Å². The molecule has 0 aliphatic heterocycles. The highest BCUT2D eigenvalue weighted by Crippen LogP contribution is 2.42. The molecule has 0 spiro atoms. The lowest BCUT2D eigenvalue weighted by Crippen LogP contribution is -1.94. The van der Waals surface area contributed by atoms with Gasteiger partial charge in [-0.3, -0.25) is 0 Å². The SMILES string of the molecule is Nc1ccc2nc(Cl)c(-c3cc(N)no3)c(-c3ccccc3)c2c1. The fraction of sp³-hybridized carbons (Fsp3) is 0. The Hall–Kier alpha value is -3.05. The van der Waals surface area contributed by atoms with Crippen molar-refractivity contribution in [3.63, 3.8) is 0 Å². The molecule has 4 aromatic rings. The van der Waals surface area contributed by atoms with Gasteiger partial charge in [-0.2, -0.15) is 0 Å². The van der Waals surface area contributed by atoms with E-state index in [9.17, 15) is 0 Å². The summed E-state index contributed by atoms with van der Waals surface area (Å²) in [5, 5.41) is 4.96. The van der Waals surface area contributed by atoms with Gasteiger partial charge in [-0.05, 0) is 23.8 Å². The average molecular weight is 337 g/mol. The number of nitrogens with zero attached hydrogens (tertiary/aromatic N) is 2. The van der Waals surface area contributed by atoms with Crippen molar-refractivity contribution in [2.75, 3.05) is 11.5 Å². The number of benzene rings is 2. The van der Waals surface area contributed by atoms with E-state index in [0.29, 0.717) is 22.2 Å². The first-order chi connectivity index (χ1) is 11.6. The zero-order chi connectivity index (χ0) is 16.7. The second kappa shape index (κ2) is 5.54. The van der Waals surface area contributed by atoms with Crippen LogP contribution in [-0.4, -0.2) is 10.1 Å². The second-order valence-corrected chi connectivity index (χ2v) is 5.77. The molecule has 4 N–H and O–H groups in total. The molecule has 0 fully saturated rings. The Morgan fingerprint density at radius 2 is 1.71 bits per heavy atom. The van der Waals surface area contributed by atoms with Crippen molar-refractivity contribution in [3.05, 3.63) is 59.8 Å². The third-order valence-corrected chi connectivity index (χ3v) is 4.08. The average Bonchev–Trinajstić information content (AvgIpc) is 3.01. The van der Waals surface area contributed by atoms with Gasteiger partial charge in [0.1, 0.15) is 5.15 Å². The highest BCUT2D eigenvalue weighted by atomic mass is 35.5. The van der Waals surface area contributed by atoms with Crippen molar-refractivity contribution in [2.24, 2.45) is 0 Å².